The highest BCUT2D eigenvalue weighted by atomic mass is 15.3. The lowest BCUT2D eigenvalue weighted by Crippen LogP contribution is -2.37. The molecule has 110 valence electrons. The Kier molecular flexibility index (Phi) is 3.94. The monoisotopic (exact) mass is 274 g/mol. The maximum atomic E-state index is 4.83. The molecule has 1 aromatic rings. The Hall–Kier alpha value is -1.13. The molecule has 4 nitrogen and oxygen atoms in total. The van der Waals surface area contributed by atoms with Crippen LogP contribution in [0.25, 0.3) is 0 Å². The van der Waals surface area contributed by atoms with E-state index in [1.54, 1.807) is 0 Å². The van der Waals surface area contributed by atoms with Crippen molar-refractivity contribution in [2.45, 2.75) is 44.8 Å². The molecule has 0 aliphatic carbocycles. The van der Waals surface area contributed by atoms with Crippen LogP contribution in [0.2, 0.25) is 0 Å². The molecule has 0 saturated carbocycles. The van der Waals surface area contributed by atoms with Gasteiger partial charge < -0.3 is 10.2 Å². The number of rotatable bonds is 3. The molecule has 4 heteroatoms. The smallest absolute Gasteiger partial charge is 0.128 e. The summed E-state index contributed by atoms with van der Waals surface area (Å²) in [6.45, 7) is 5.28. The third kappa shape index (κ3) is 2.54. The Bertz CT molecular complexity index is 474. The Morgan fingerprint density at radius 3 is 2.80 bits per heavy atom. The highest BCUT2D eigenvalue weighted by Gasteiger charge is 2.34. The van der Waals surface area contributed by atoms with Crippen LogP contribution in [0.4, 0.5) is 5.82 Å². The average Bonchev–Trinajstić information content (AvgIpc) is 2.66. The minimum Gasteiger partial charge on any atom is -0.355 e. The van der Waals surface area contributed by atoms with Gasteiger partial charge in [-0.1, -0.05) is 6.07 Å². The van der Waals surface area contributed by atoms with Crippen molar-refractivity contribution in [2.24, 2.45) is 0 Å². The van der Waals surface area contributed by atoms with Crippen LogP contribution in [0.3, 0.4) is 0 Å². The molecule has 2 unspecified atom stereocenters. The van der Waals surface area contributed by atoms with E-state index in [-0.39, 0.29) is 0 Å². The minimum absolute atomic E-state index is 0.710. The molecule has 1 aromatic heterocycles. The topological polar surface area (TPSA) is 31.4 Å². The van der Waals surface area contributed by atoms with Gasteiger partial charge in [0.15, 0.2) is 0 Å². The summed E-state index contributed by atoms with van der Waals surface area (Å²) in [7, 11) is 4.27. The summed E-state index contributed by atoms with van der Waals surface area (Å²) in [4.78, 5) is 9.90. The minimum atomic E-state index is 0.710. The van der Waals surface area contributed by atoms with E-state index >= 15 is 0 Å². The molecule has 3 rings (SSSR count). The molecule has 2 saturated heterocycles. The second-order valence-corrected chi connectivity index (χ2v) is 6.23. The summed E-state index contributed by atoms with van der Waals surface area (Å²) in [5, 5.41) is 3.20. The third-order valence-corrected chi connectivity index (χ3v) is 5.02. The van der Waals surface area contributed by atoms with Crippen molar-refractivity contribution in [3.05, 3.63) is 23.4 Å². The molecule has 0 amide bonds. The van der Waals surface area contributed by atoms with Gasteiger partial charge in [0.05, 0.1) is 0 Å². The lowest BCUT2D eigenvalue weighted by molar-refractivity contribution is 0.254. The number of pyridine rings is 1. The summed E-state index contributed by atoms with van der Waals surface area (Å²) in [5.74, 6) is 1.16. The summed E-state index contributed by atoms with van der Waals surface area (Å²) >= 11 is 0. The zero-order valence-corrected chi connectivity index (χ0v) is 12.9. The van der Waals surface area contributed by atoms with E-state index in [0.29, 0.717) is 6.04 Å². The van der Waals surface area contributed by atoms with E-state index in [4.69, 9.17) is 4.98 Å². The van der Waals surface area contributed by atoms with E-state index in [2.05, 4.69) is 41.2 Å². The van der Waals surface area contributed by atoms with Crippen molar-refractivity contribution in [3.63, 3.8) is 0 Å². The first-order chi connectivity index (χ1) is 9.69. The van der Waals surface area contributed by atoms with Crippen LogP contribution in [-0.4, -0.2) is 49.2 Å². The van der Waals surface area contributed by atoms with Crippen molar-refractivity contribution in [3.8, 4) is 0 Å². The molecule has 2 atom stereocenters. The lowest BCUT2D eigenvalue weighted by atomic mass is 10.1. The van der Waals surface area contributed by atoms with Gasteiger partial charge in [-0.15, -0.1) is 0 Å². The predicted molar refractivity (Wildman–Crippen MR) is 83.1 cm³/mol. The highest BCUT2D eigenvalue weighted by molar-refractivity contribution is 5.42. The number of fused-ring (bicyclic) bond motifs is 2. The van der Waals surface area contributed by atoms with Gasteiger partial charge in [0.2, 0.25) is 0 Å². The van der Waals surface area contributed by atoms with Gasteiger partial charge in [0, 0.05) is 37.4 Å². The molecular weight excluding hydrogens is 248 g/mol. The van der Waals surface area contributed by atoms with Gasteiger partial charge >= 0.3 is 0 Å². The number of nitrogens with zero attached hydrogens (tertiary/aromatic N) is 3. The number of hydrogen-bond donors (Lipinski definition) is 1. The van der Waals surface area contributed by atoms with Crippen LogP contribution in [0.15, 0.2) is 12.1 Å². The molecule has 0 spiro atoms. The molecule has 20 heavy (non-hydrogen) atoms. The Morgan fingerprint density at radius 1 is 1.25 bits per heavy atom. The van der Waals surface area contributed by atoms with Gasteiger partial charge in [-0.2, -0.15) is 0 Å². The third-order valence-electron chi connectivity index (χ3n) is 5.02. The summed E-state index contributed by atoms with van der Waals surface area (Å²) in [6.07, 6.45) is 3.99. The number of likely N-dealkylation sites (N-methyl/N-ethyl adjacent to an activating group) is 1. The van der Waals surface area contributed by atoms with Crippen LogP contribution < -0.4 is 10.2 Å². The number of nitrogens with one attached hydrogen (secondary N) is 1. The number of anilines is 1. The van der Waals surface area contributed by atoms with E-state index in [9.17, 15) is 0 Å². The Morgan fingerprint density at radius 2 is 2.05 bits per heavy atom. The molecule has 0 radical (unpaired) electrons. The first kappa shape index (κ1) is 13.8. The average molecular weight is 274 g/mol. The van der Waals surface area contributed by atoms with Crippen LogP contribution in [0, 0.1) is 6.92 Å². The molecule has 2 aliphatic heterocycles. The Labute approximate surface area is 122 Å². The van der Waals surface area contributed by atoms with E-state index < -0.39 is 0 Å². The number of aromatic nitrogens is 1. The van der Waals surface area contributed by atoms with E-state index in [1.165, 1.54) is 24.8 Å². The first-order valence-electron chi connectivity index (χ1n) is 7.77. The maximum absolute atomic E-state index is 4.83. The first-order valence-corrected chi connectivity index (χ1v) is 7.77. The van der Waals surface area contributed by atoms with Crippen molar-refractivity contribution < 1.29 is 0 Å². The standard InChI is InChI=1S/C16H26N4/c1-12-13(10-17-2)4-7-16(18-12)20-9-8-14-5-6-15(11-20)19(14)3/h4,7,14-15,17H,5-6,8-11H2,1-3H3. The van der Waals surface area contributed by atoms with Gasteiger partial charge in [-0.05, 0) is 51.9 Å². The van der Waals surface area contributed by atoms with E-state index in [1.807, 2.05) is 7.05 Å². The lowest BCUT2D eigenvalue weighted by Gasteiger charge is -2.27. The molecule has 3 heterocycles. The van der Waals surface area contributed by atoms with E-state index in [0.717, 1.165) is 37.2 Å². The molecule has 2 fully saturated rings. The summed E-state index contributed by atoms with van der Waals surface area (Å²) < 4.78 is 0. The van der Waals surface area contributed by atoms with Gasteiger partial charge in [-0.3, -0.25) is 4.90 Å². The number of hydrogen-bond acceptors (Lipinski definition) is 4. The fourth-order valence-corrected chi connectivity index (χ4v) is 3.65. The fraction of sp³-hybridized carbons (Fsp3) is 0.688. The fourth-order valence-electron chi connectivity index (χ4n) is 3.65. The van der Waals surface area contributed by atoms with Crippen molar-refractivity contribution >= 4 is 5.82 Å². The molecule has 2 aliphatic rings. The van der Waals surface area contributed by atoms with Gasteiger partial charge in [0.25, 0.3) is 0 Å². The molecule has 0 aromatic carbocycles. The second-order valence-electron chi connectivity index (χ2n) is 6.23. The van der Waals surface area contributed by atoms with Crippen LogP contribution in [-0.2, 0) is 6.54 Å². The van der Waals surface area contributed by atoms with Crippen molar-refractivity contribution in [2.75, 3.05) is 32.1 Å². The SMILES string of the molecule is CNCc1ccc(N2CCC3CCC(C2)N3C)nc1C. The van der Waals surface area contributed by atoms with Crippen molar-refractivity contribution in [1.82, 2.24) is 15.2 Å². The van der Waals surface area contributed by atoms with Crippen LogP contribution in [0.5, 0.6) is 0 Å². The molecular formula is C16H26N4. The van der Waals surface area contributed by atoms with Crippen LogP contribution >= 0.6 is 0 Å². The summed E-state index contributed by atoms with van der Waals surface area (Å²) in [6, 6.07) is 5.91. The van der Waals surface area contributed by atoms with Gasteiger partial charge in [-0.25, -0.2) is 4.98 Å². The Balaban J connectivity index is 1.77. The van der Waals surface area contributed by atoms with Crippen molar-refractivity contribution in [1.29, 1.82) is 0 Å². The number of aryl methyl sites for hydroxylation is 1. The quantitative estimate of drug-likeness (QED) is 0.910. The summed E-state index contributed by atoms with van der Waals surface area (Å²) in [5.41, 5.74) is 2.45. The normalized spacial score (nSPS) is 26.9. The predicted octanol–water partition coefficient (Wildman–Crippen LogP) is 1.78. The zero-order chi connectivity index (χ0) is 14.1. The zero-order valence-electron chi connectivity index (χ0n) is 12.9. The molecule has 1 N–H and O–H groups in total. The second kappa shape index (κ2) is 5.70. The van der Waals surface area contributed by atoms with Crippen LogP contribution in [0.1, 0.15) is 30.5 Å². The maximum Gasteiger partial charge on any atom is 0.128 e. The largest absolute Gasteiger partial charge is 0.355 e. The highest BCUT2D eigenvalue weighted by Crippen LogP contribution is 2.30. The van der Waals surface area contributed by atoms with Gasteiger partial charge in [0.1, 0.15) is 5.82 Å². The molecule has 2 bridgehead atoms.